The summed E-state index contributed by atoms with van der Waals surface area (Å²) in [5.74, 6) is 0.360. The number of amides is 1. The van der Waals surface area contributed by atoms with E-state index in [0.717, 1.165) is 38.9 Å². The Morgan fingerprint density at radius 2 is 2.15 bits per heavy atom. The molecule has 0 spiro atoms. The van der Waals surface area contributed by atoms with Crippen molar-refractivity contribution in [3.05, 3.63) is 10.4 Å². The molecule has 1 rings (SSSR count). The Bertz CT molecular complexity index is 356. The van der Waals surface area contributed by atoms with Gasteiger partial charge in [-0.15, -0.1) is 0 Å². The van der Waals surface area contributed by atoms with Crippen LogP contribution in [-0.4, -0.2) is 49.1 Å². The molecule has 0 aliphatic carbocycles. The monoisotopic (exact) mass is 282 g/mol. The van der Waals surface area contributed by atoms with Gasteiger partial charge < -0.3 is 16.0 Å². The summed E-state index contributed by atoms with van der Waals surface area (Å²) in [7, 11) is 0. The zero-order valence-corrected chi connectivity index (χ0v) is 12.5. The van der Waals surface area contributed by atoms with E-state index < -0.39 is 5.54 Å². The topological polar surface area (TPSA) is 107 Å². The molecule has 1 aliphatic heterocycles. The minimum atomic E-state index is -0.593. The highest BCUT2D eigenvalue weighted by molar-refractivity contribution is 5.84. The Labute approximate surface area is 120 Å². The van der Waals surface area contributed by atoms with E-state index in [2.05, 4.69) is 34.1 Å². The van der Waals surface area contributed by atoms with E-state index in [0.29, 0.717) is 19.0 Å². The zero-order valence-electron chi connectivity index (χ0n) is 12.5. The summed E-state index contributed by atoms with van der Waals surface area (Å²) in [6, 6.07) is 0. The third-order valence-corrected chi connectivity index (χ3v) is 3.77. The predicted octanol–water partition coefficient (Wildman–Crippen LogP) is 1.25. The highest BCUT2D eigenvalue weighted by Crippen LogP contribution is 2.22. The third kappa shape index (κ3) is 5.00. The smallest absolute Gasteiger partial charge is 0.237 e. The SMILES string of the molecule is CC(C)CN1CCC(NCCCN=[N+]=[N-])(C(N)=O)CC1. The first-order chi connectivity index (χ1) is 9.50. The van der Waals surface area contributed by atoms with Gasteiger partial charge in [-0.25, -0.2) is 0 Å². The summed E-state index contributed by atoms with van der Waals surface area (Å²) >= 11 is 0. The molecule has 7 heteroatoms. The maximum atomic E-state index is 11.8. The average molecular weight is 282 g/mol. The first-order valence-electron chi connectivity index (χ1n) is 7.28. The van der Waals surface area contributed by atoms with Crippen molar-refractivity contribution < 1.29 is 4.79 Å². The van der Waals surface area contributed by atoms with Gasteiger partial charge in [0.05, 0.1) is 0 Å². The van der Waals surface area contributed by atoms with Crippen LogP contribution in [0.2, 0.25) is 0 Å². The fraction of sp³-hybridized carbons (Fsp3) is 0.923. The first-order valence-corrected chi connectivity index (χ1v) is 7.28. The normalized spacial score (nSPS) is 18.8. The van der Waals surface area contributed by atoms with E-state index >= 15 is 0 Å². The summed E-state index contributed by atoms with van der Waals surface area (Å²) < 4.78 is 0. The number of rotatable bonds is 8. The zero-order chi connectivity index (χ0) is 15.0. The van der Waals surface area contributed by atoms with E-state index in [1.807, 2.05) is 0 Å². The number of azide groups is 1. The molecule has 0 aromatic rings. The van der Waals surface area contributed by atoms with Gasteiger partial charge in [0.15, 0.2) is 0 Å². The van der Waals surface area contributed by atoms with Crippen molar-refractivity contribution in [2.45, 2.75) is 38.6 Å². The number of carbonyl (C=O) groups is 1. The Morgan fingerprint density at radius 1 is 1.50 bits per heavy atom. The van der Waals surface area contributed by atoms with Crippen LogP contribution in [0.4, 0.5) is 0 Å². The van der Waals surface area contributed by atoms with Crippen LogP contribution in [0.5, 0.6) is 0 Å². The molecule has 1 saturated heterocycles. The molecule has 7 nitrogen and oxygen atoms in total. The highest BCUT2D eigenvalue weighted by Gasteiger charge is 2.39. The second-order valence-electron chi connectivity index (χ2n) is 5.88. The van der Waals surface area contributed by atoms with Crippen LogP contribution in [0.3, 0.4) is 0 Å². The number of piperidine rings is 1. The lowest BCUT2D eigenvalue weighted by Crippen LogP contribution is -2.61. The van der Waals surface area contributed by atoms with Gasteiger partial charge in [0.25, 0.3) is 0 Å². The summed E-state index contributed by atoms with van der Waals surface area (Å²) in [6.07, 6.45) is 2.21. The van der Waals surface area contributed by atoms with Crippen molar-refractivity contribution >= 4 is 5.91 Å². The van der Waals surface area contributed by atoms with Gasteiger partial charge in [-0.3, -0.25) is 4.79 Å². The number of nitrogens with two attached hydrogens (primary N) is 1. The lowest BCUT2D eigenvalue weighted by Gasteiger charge is -2.40. The van der Waals surface area contributed by atoms with Crippen LogP contribution in [-0.2, 0) is 4.79 Å². The molecule has 20 heavy (non-hydrogen) atoms. The van der Waals surface area contributed by atoms with Crippen molar-refractivity contribution in [2.24, 2.45) is 16.8 Å². The molecule has 1 aliphatic rings. The Kier molecular flexibility index (Phi) is 6.78. The van der Waals surface area contributed by atoms with Crippen molar-refractivity contribution in [2.75, 3.05) is 32.7 Å². The summed E-state index contributed by atoms with van der Waals surface area (Å²) in [6.45, 7) is 8.33. The van der Waals surface area contributed by atoms with Crippen molar-refractivity contribution in [3.8, 4) is 0 Å². The van der Waals surface area contributed by atoms with Gasteiger partial charge in [-0.05, 0) is 37.3 Å². The quantitative estimate of drug-likeness (QED) is 0.303. The van der Waals surface area contributed by atoms with Crippen LogP contribution >= 0.6 is 0 Å². The number of nitrogens with one attached hydrogen (secondary N) is 1. The number of nitrogens with zero attached hydrogens (tertiary/aromatic N) is 4. The fourth-order valence-electron chi connectivity index (χ4n) is 2.67. The van der Waals surface area contributed by atoms with Crippen LogP contribution in [0.25, 0.3) is 10.4 Å². The van der Waals surface area contributed by atoms with E-state index in [4.69, 9.17) is 11.3 Å². The number of primary amides is 1. The van der Waals surface area contributed by atoms with E-state index in [9.17, 15) is 4.79 Å². The van der Waals surface area contributed by atoms with E-state index in [-0.39, 0.29) is 5.91 Å². The molecule has 114 valence electrons. The molecular weight excluding hydrogens is 256 g/mol. The number of hydrogen-bond acceptors (Lipinski definition) is 4. The van der Waals surface area contributed by atoms with Gasteiger partial charge in [0, 0.05) is 31.1 Å². The van der Waals surface area contributed by atoms with E-state index in [1.165, 1.54) is 0 Å². The van der Waals surface area contributed by atoms with Gasteiger partial charge >= 0.3 is 0 Å². The molecule has 0 radical (unpaired) electrons. The predicted molar refractivity (Wildman–Crippen MR) is 79.1 cm³/mol. The molecule has 1 amide bonds. The average Bonchev–Trinajstić information content (AvgIpc) is 2.40. The number of hydrogen-bond donors (Lipinski definition) is 2. The molecule has 1 fully saturated rings. The van der Waals surface area contributed by atoms with Crippen LogP contribution in [0.1, 0.15) is 33.1 Å². The van der Waals surface area contributed by atoms with Gasteiger partial charge in [0.1, 0.15) is 5.54 Å². The maximum absolute atomic E-state index is 11.8. The van der Waals surface area contributed by atoms with Crippen molar-refractivity contribution in [1.29, 1.82) is 0 Å². The largest absolute Gasteiger partial charge is 0.368 e. The Balaban J connectivity index is 2.45. The van der Waals surface area contributed by atoms with Crippen molar-refractivity contribution in [1.82, 2.24) is 10.2 Å². The molecule has 0 bridgehead atoms. The van der Waals surface area contributed by atoms with Gasteiger partial charge in [-0.2, -0.15) is 0 Å². The third-order valence-electron chi connectivity index (χ3n) is 3.77. The molecular formula is C13H26N6O. The minimum Gasteiger partial charge on any atom is -0.368 e. The fourth-order valence-corrected chi connectivity index (χ4v) is 2.67. The van der Waals surface area contributed by atoms with Crippen molar-refractivity contribution in [3.63, 3.8) is 0 Å². The van der Waals surface area contributed by atoms with Crippen LogP contribution < -0.4 is 11.1 Å². The molecule has 0 unspecified atom stereocenters. The molecule has 0 aromatic carbocycles. The number of likely N-dealkylation sites (tertiary alicyclic amines) is 1. The molecule has 0 saturated carbocycles. The lowest BCUT2D eigenvalue weighted by molar-refractivity contribution is -0.126. The maximum Gasteiger partial charge on any atom is 0.237 e. The Morgan fingerprint density at radius 3 is 2.65 bits per heavy atom. The minimum absolute atomic E-state index is 0.273. The standard InChI is InChI=1S/C13H26N6O/c1-11(2)10-19-8-4-13(5-9-19,12(14)20)16-6-3-7-17-18-15/h11,16H,3-10H2,1-2H3,(H2,14,20). The Hall–Kier alpha value is -1.30. The van der Waals surface area contributed by atoms with Gasteiger partial charge in [-0.1, -0.05) is 19.0 Å². The number of carbonyl (C=O) groups excluding carboxylic acids is 1. The highest BCUT2D eigenvalue weighted by atomic mass is 16.1. The molecule has 0 atom stereocenters. The summed E-state index contributed by atoms with van der Waals surface area (Å²) in [4.78, 5) is 16.9. The summed E-state index contributed by atoms with van der Waals surface area (Å²) in [5, 5.41) is 6.77. The molecule has 3 N–H and O–H groups in total. The molecule has 0 aromatic heterocycles. The van der Waals surface area contributed by atoms with Crippen LogP contribution in [0, 0.1) is 5.92 Å². The first kappa shape index (κ1) is 16.8. The second-order valence-corrected chi connectivity index (χ2v) is 5.88. The lowest BCUT2D eigenvalue weighted by atomic mass is 9.86. The summed E-state index contributed by atoms with van der Waals surface area (Å²) in [5.41, 5.74) is 13.2. The van der Waals surface area contributed by atoms with Crippen LogP contribution in [0.15, 0.2) is 5.11 Å². The molecule has 1 heterocycles. The van der Waals surface area contributed by atoms with Gasteiger partial charge in [0.2, 0.25) is 5.91 Å². The van der Waals surface area contributed by atoms with E-state index in [1.54, 1.807) is 0 Å². The second kappa shape index (κ2) is 8.09.